The fourth-order valence-electron chi connectivity index (χ4n) is 4.10. The number of carbonyl (C=O) groups is 3. The smallest absolute Gasteiger partial charge is 0.338 e. The van der Waals surface area contributed by atoms with E-state index in [9.17, 15) is 29.7 Å². The van der Waals surface area contributed by atoms with E-state index in [4.69, 9.17) is 4.74 Å². The highest BCUT2D eigenvalue weighted by Crippen LogP contribution is 2.50. The lowest BCUT2D eigenvalue weighted by Crippen LogP contribution is -2.65. The lowest BCUT2D eigenvalue weighted by Gasteiger charge is -2.48. The first-order chi connectivity index (χ1) is 13.7. The first kappa shape index (κ1) is 27.4. The number of aliphatic carboxylic acids is 3. The van der Waals surface area contributed by atoms with Gasteiger partial charge in [-0.1, -0.05) is 72.6 Å². The second kappa shape index (κ2) is 13.6. The van der Waals surface area contributed by atoms with E-state index in [0.717, 1.165) is 6.42 Å². The zero-order chi connectivity index (χ0) is 22.5. The molecule has 7 nitrogen and oxygen atoms in total. The van der Waals surface area contributed by atoms with E-state index in [1.165, 1.54) is 0 Å². The molecule has 2 atom stereocenters. The lowest BCUT2D eigenvalue weighted by molar-refractivity contribution is -0.221. The highest BCUT2D eigenvalue weighted by atomic mass is 16.5. The van der Waals surface area contributed by atoms with Crippen LogP contribution in [-0.4, -0.2) is 45.4 Å². The van der Waals surface area contributed by atoms with Crippen molar-refractivity contribution in [2.24, 2.45) is 11.3 Å². The van der Waals surface area contributed by atoms with E-state index >= 15 is 0 Å². The number of hydrogen-bond acceptors (Lipinski definition) is 4. The molecule has 0 aromatic carbocycles. The van der Waals surface area contributed by atoms with Crippen molar-refractivity contribution in [2.75, 3.05) is 6.61 Å². The Morgan fingerprint density at radius 2 is 1.24 bits per heavy atom. The van der Waals surface area contributed by atoms with Crippen LogP contribution in [0.15, 0.2) is 0 Å². The Kier molecular flexibility index (Phi) is 12.8. The molecule has 0 bridgehead atoms. The van der Waals surface area contributed by atoms with Crippen molar-refractivity contribution in [1.82, 2.24) is 0 Å². The van der Waals surface area contributed by atoms with Gasteiger partial charge in [-0.3, -0.25) is 9.59 Å². The van der Waals surface area contributed by atoms with Gasteiger partial charge < -0.3 is 20.1 Å². The van der Waals surface area contributed by atoms with Gasteiger partial charge in [0.1, 0.15) is 5.41 Å². The van der Waals surface area contributed by atoms with E-state index in [0.29, 0.717) is 44.9 Å². The second-order valence-electron chi connectivity index (χ2n) is 7.87. The predicted octanol–water partition coefficient (Wildman–Crippen LogP) is 4.97. The van der Waals surface area contributed by atoms with Crippen LogP contribution in [0, 0.1) is 11.3 Å². The van der Waals surface area contributed by atoms with Crippen LogP contribution in [0.1, 0.15) is 98.3 Å². The van der Waals surface area contributed by atoms with Gasteiger partial charge in [-0.2, -0.15) is 0 Å². The molecule has 0 heterocycles. The van der Waals surface area contributed by atoms with Crippen LogP contribution < -0.4 is 0 Å². The summed E-state index contributed by atoms with van der Waals surface area (Å²) >= 11 is 0. The van der Waals surface area contributed by atoms with Gasteiger partial charge in [0.15, 0.2) is 5.60 Å². The predicted molar refractivity (Wildman–Crippen MR) is 111 cm³/mol. The fraction of sp³-hybridized carbons (Fsp3) is 0.864. The van der Waals surface area contributed by atoms with Crippen molar-refractivity contribution in [3.05, 3.63) is 0 Å². The molecule has 0 spiro atoms. The molecule has 0 amide bonds. The van der Waals surface area contributed by atoms with Gasteiger partial charge in [-0.25, -0.2) is 4.79 Å². The topological polar surface area (TPSA) is 121 Å². The molecule has 29 heavy (non-hydrogen) atoms. The number of ether oxygens (including phenoxy) is 1. The van der Waals surface area contributed by atoms with E-state index in [-0.39, 0.29) is 25.9 Å². The highest BCUT2D eigenvalue weighted by Gasteiger charge is 2.67. The van der Waals surface area contributed by atoms with Gasteiger partial charge in [0.2, 0.25) is 0 Å². The third-order valence-electron chi connectivity index (χ3n) is 5.82. The maximum absolute atomic E-state index is 12.8. The Bertz CT molecular complexity index is 509. The average molecular weight is 417 g/mol. The standard InChI is InChI=1S/C22H40O7/c1-5-9-13-17(18(23)24)22(20(27)28,29-16-12-8-4)21(19(25)26,14-10-6-2)15-11-7-3/h17H,5-16H2,1-4H3,(H,23,24)(H,25,26)(H,27,28). The molecule has 0 aromatic heterocycles. The summed E-state index contributed by atoms with van der Waals surface area (Å²) < 4.78 is 5.91. The third-order valence-corrected chi connectivity index (χ3v) is 5.82. The highest BCUT2D eigenvalue weighted by molar-refractivity contribution is 5.93. The van der Waals surface area contributed by atoms with Crippen LogP contribution in [0.2, 0.25) is 0 Å². The maximum Gasteiger partial charge on any atom is 0.338 e. The van der Waals surface area contributed by atoms with Crippen LogP contribution in [-0.2, 0) is 19.1 Å². The van der Waals surface area contributed by atoms with Crippen LogP contribution in [0.25, 0.3) is 0 Å². The van der Waals surface area contributed by atoms with Crippen molar-refractivity contribution in [3.8, 4) is 0 Å². The molecule has 0 saturated heterocycles. The maximum atomic E-state index is 12.8. The van der Waals surface area contributed by atoms with Gasteiger partial charge in [-0.15, -0.1) is 0 Å². The summed E-state index contributed by atoms with van der Waals surface area (Å²) in [7, 11) is 0. The van der Waals surface area contributed by atoms with Gasteiger partial charge in [0.25, 0.3) is 0 Å². The molecule has 0 saturated carbocycles. The van der Waals surface area contributed by atoms with E-state index in [1.54, 1.807) is 0 Å². The molecule has 0 aromatic rings. The first-order valence-corrected chi connectivity index (χ1v) is 11.0. The van der Waals surface area contributed by atoms with E-state index in [1.807, 2.05) is 27.7 Å². The van der Waals surface area contributed by atoms with Crippen molar-refractivity contribution in [3.63, 3.8) is 0 Å². The summed E-state index contributed by atoms with van der Waals surface area (Å²) in [4.78, 5) is 37.7. The van der Waals surface area contributed by atoms with Crippen molar-refractivity contribution in [1.29, 1.82) is 0 Å². The summed E-state index contributed by atoms with van der Waals surface area (Å²) in [6.45, 7) is 7.62. The molecular weight excluding hydrogens is 376 g/mol. The monoisotopic (exact) mass is 416 g/mol. The van der Waals surface area contributed by atoms with Gasteiger partial charge in [0.05, 0.1) is 5.92 Å². The van der Waals surface area contributed by atoms with Crippen LogP contribution >= 0.6 is 0 Å². The minimum atomic E-state index is -2.31. The zero-order valence-corrected chi connectivity index (χ0v) is 18.5. The van der Waals surface area contributed by atoms with Crippen LogP contribution in [0.4, 0.5) is 0 Å². The Hall–Kier alpha value is -1.63. The van der Waals surface area contributed by atoms with Crippen molar-refractivity contribution in [2.45, 2.75) is 104 Å². The summed E-state index contributed by atoms with van der Waals surface area (Å²) in [6, 6.07) is 0. The Balaban J connectivity index is 6.81. The quantitative estimate of drug-likeness (QED) is 0.270. The molecule has 0 fully saturated rings. The summed E-state index contributed by atoms with van der Waals surface area (Å²) in [5.74, 6) is -5.50. The largest absolute Gasteiger partial charge is 0.481 e. The molecule has 170 valence electrons. The number of hydrogen-bond donors (Lipinski definition) is 3. The van der Waals surface area contributed by atoms with Gasteiger partial charge in [0, 0.05) is 6.61 Å². The Morgan fingerprint density at radius 1 is 0.759 bits per heavy atom. The van der Waals surface area contributed by atoms with Crippen LogP contribution in [0.5, 0.6) is 0 Å². The van der Waals surface area contributed by atoms with E-state index in [2.05, 4.69) is 0 Å². The van der Waals surface area contributed by atoms with Crippen LogP contribution in [0.3, 0.4) is 0 Å². The van der Waals surface area contributed by atoms with Gasteiger partial charge in [-0.05, 0) is 25.7 Å². The number of carboxylic acids is 3. The summed E-state index contributed by atoms with van der Waals surface area (Å²) in [6.07, 6.45) is 4.98. The zero-order valence-electron chi connectivity index (χ0n) is 18.5. The van der Waals surface area contributed by atoms with Crippen molar-refractivity contribution < 1.29 is 34.4 Å². The minimum Gasteiger partial charge on any atom is -0.481 e. The molecule has 2 unspecified atom stereocenters. The molecule has 0 radical (unpaired) electrons. The van der Waals surface area contributed by atoms with Gasteiger partial charge >= 0.3 is 17.9 Å². The fourth-order valence-corrected chi connectivity index (χ4v) is 4.10. The van der Waals surface area contributed by atoms with E-state index < -0.39 is 34.8 Å². The summed E-state index contributed by atoms with van der Waals surface area (Å²) in [5, 5.41) is 30.7. The molecule has 0 rings (SSSR count). The molecule has 0 aliphatic rings. The lowest BCUT2D eigenvalue weighted by atomic mass is 9.59. The van der Waals surface area contributed by atoms with Crippen molar-refractivity contribution >= 4 is 17.9 Å². The molecule has 3 N–H and O–H groups in total. The molecular formula is C22H40O7. The average Bonchev–Trinajstić information content (AvgIpc) is 2.66. The Morgan fingerprint density at radius 3 is 1.59 bits per heavy atom. The molecule has 0 aliphatic carbocycles. The summed E-state index contributed by atoms with van der Waals surface area (Å²) in [5.41, 5.74) is -4.10. The SMILES string of the molecule is CCCCOC(C(=O)O)(C(CCCC)C(=O)O)C(CCCC)(CCCC)C(=O)O. The molecule has 0 aliphatic heterocycles. The molecule has 7 heteroatoms. The third kappa shape index (κ3) is 6.43. The normalized spacial score (nSPS) is 14.9. The number of unbranched alkanes of at least 4 members (excludes halogenated alkanes) is 4. The minimum absolute atomic E-state index is 0.0198. The Labute approximate surface area is 174 Å². The number of rotatable bonds is 18. The first-order valence-electron chi connectivity index (χ1n) is 11.0. The number of carboxylic acid groups (broad SMARTS) is 3. The second-order valence-corrected chi connectivity index (χ2v) is 7.87.